The van der Waals surface area contributed by atoms with E-state index in [1.165, 1.54) is 11.1 Å². The van der Waals surface area contributed by atoms with Gasteiger partial charge in [0, 0.05) is 27.1 Å². The third kappa shape index (κ3) is 6.27. The lowest BCUT2D eigenvalue weighted by Gasteiger charge is -2.15. The van der Waals surface area contributed by atoms with E-state index in [2.05, 4.69) is 34.7 Å². The highest BCUT2D eigenvalue weighted by Gasteiger charge is 2.07. The first-order valence-electron chi connectivity index (χ1n) is 8.91. The maximum Gasteiger partial charge on any atom is 0.241 e. The highest BCUT2D eigenvalue weighted by Crippen LogP contribution is 2.10. The van der Waals surface area contributed by atoms with Gasteiger partial charge in [0.05, 0.1) is 19.4 Å². The number of carbonyl (C=O) groups excluding carboxylic acids is 1. The van der Waals surface area contributed by atoms with E-state index in [1.807, 2.05) is 24.3 Å². The minimum absolute atomic E-state index is 0.000470. The molecule has 0 radical (unpaired) electrons. The predicted octanol–water partition coefficient (Wildman–Crippen LogP) is 2.21. The van der Waals surface area contributed by atoms with E-state index in [-0.39, 0.29) is 12.5 Å². The fourth-order valence-corrected chi connectivity index (χ4v) is 2.47. The van der Waals surface area contributed by atoms with Crippen molar-refractivity contribution in [1.29, 1.82) is 0 Å². The molecule has 0 saturated heterocycles. The quantitative estimate of drug-likeness (QED) is 0.562. The zero-order valence-electron chi connectivity index (χ0n) is 15.8. The Labute approximate surface area is 155 Å². The van der Waals surface area contributed by atoms with Gasteiger partial charge < -0.3 is 20.0 Å². The number of aliphatic imine (C=N–C) groups is 1. The van der Waals surface area contributed by atoms with Gasteiger partial charge in [0.25, 0.3) is 0 Å². The van der Waals surface area contributed by atoms with Crippen molar-refractivity contribution >= 4 is 11.9 Å². The standard InChI is InChI=1S/C20H28N4O2/c1-4-16-8-5-6-9-17(16)14-22-20(23-15-19(25)24(2)3)21-12-11-18-10-7-13-26-18/h5-10,13H,4,11-12,14-15H2,1-3H3,(H2,21,22,23). The molecule has 1 amide bonds. The molecular formula is C20H28N4O2. The maximum atomic E-state index is 11.8. The second-order valence-electron chi connectivity index (χ2n) is 6.18. The molecule has 0 aliphatic heterocycles. The zero-order chi connectivity index (χ0) is 18.8. The van der Waals surface area contributed by atoms with Crippen LogP contribution in [-0.2, 0) is 24.2 Å². The molecule has 0 aliphatic rings. The highest BCUT2D eigenvalue weighted by molar-refractivity contribution is 5.86. The molecule has 0 spiro atoms. The highest BCUT2D eigenvalue weighted by atomic mass is 16.3. The number of rotatable bonds is 8. The SMILES string of the molecule is CCc1ccccc1CN=C(NCCc1ccco1)NCC(=O)N(C)C. The van der Waals surface area contributed by atoms with E-state index in [4.69, 9.17) is 4.42 Å². The molecule has 6 nitrogen and oxygen atoms in total. The van der Waals surface area contributed by atoms with Gasteiger partial charge in [-0.05, 0) is 29.7 Å². The minimum atomic E-state index is -0.000470. The number of benzene rings is 1. The summed E-state index contributed by atoms with van der Waals surface area (Å²) in [6.45, 7) is 3.58. The number of nitrogens with one attached hydrogen (secondary N) is 2. The smallest absolute Gasteiger partial charge is 0.241 e. The van der Waals surface area contributed by atoms with Crippen molar-refractivity contribution in [3.8, 4) is 0 Å². The Balaban J connectivity index is 1.99. The van der Waals surface area contributed by atoms with Gasteiger partial charge >= 0.3 is 0 Å². The molecule has 0 unspecified atom stereocenters. The molecule has 26 heavy (non-hydrogen) atoms. The first-order valence-corrected chi connectivity index (χ1v) is 8.91. The van der Waals surface area contributed by atoms with Gasteiger partial charge in [0.15, 0.2) is 5.96 Å². The lowest BCUT2D eigenvalue weighted by Crippen LogP contribution is -2.43. The van der Waals surface area contributed by atoms with Crippen molar-refractivity contribution in [2.24, 2.45) is 4.99 Å². The summed E-state index contributed by atoms with van der Waals surface area (Å²) < 4.78 is 5.34. The van der Waals surface area contributed by atoms with Crippen LogP contribution in [0.2, 0.25) is 0 Å². The van der Waals surface area contributed by atoms with Crippen LogP contribution in [0.15, 0.2) is 52.1 Å². The van der Waals surface area contributed by atoms with Crippen LogP contribution in [0.3, 0.4) is 0 Å². The molecule has 0 fully saturated rings. The Hall–Kier alpha value is -2.76. The van der Waals surface area contributed by atoms with E-state index in [0.29, 0.717) is 19.0 Å². The molecule has 140 valence electrons. The Bertz CT molecular complexity index is 708. The second kappa shape index (κ2) is 10.3. The molecule has 2 aromatic rings. The van der Waals surface area contributed by atoms with Crippen LogP contribution < -0.4 is 10.6 Å². The van der Waals surface area contributed by atoms with E-state index < -0.39 is 0 Å². The summed E-state index contributed by atoms with van der Waals surface area (Å²) in [6.07, 6.45) is 3.39. The van der Waals surface area contributed by atoms with Crippen molar-refractivity contribution in [3.63, 3.8) is 0 Å². The van der Waals surface area contributed by atoms with Crippen LogP contribution in [0.5, 0.6) is 0 Å². The number of nitrogens with zero attached hydrogens (tertiary/aromatic N) is 2. The van der Waals surface area contributed by atoms with Crippen molar-refractivity contribution < 1.29 is 9.21 Å². The normalized spacial score (nSPS) is 11.3. The largest absolute Gasteiger partial charge is 0.469 e. The van der Waals surface area contributed by atoms with Gasteiger partial charge in [-0.2, -0.15) is 0 Å². The Morgan fingerprint density at radius 3 is 2.54 bits per heavy atom. The summed E-state index contributed by atoms with van der Waals surface area (Å²) in [6, 6.07) is 12.1. The molecular weight excluding hydrogens is 328 g/mol. The Morgan fingerprint density at radius 2 is 1.88 bits per heavy atom. The van der Waals surface area contributed by atoms with Gasteiger partial charge in [0.2, 0.25) is 5.91 Å². The molecule has 0 atom stereocenters. The molecule has 0 saturated carbocycles. The molecule has 6 heteroatoms. The van der Waals surface area contributed by atoms with Gasteiger partial charge in [-0.3, -0.25) is 4.79 Å². The van der Waals surface area contributed by atoms with Crippen molar-refractivity contribution in [1.82, 2.24) is 15.5 Å². The molecule has 2 N–H and O–H groups in total. The summed E-state index contributed by atoms with van der Waals surface area (Å²) in [4.78, 5) is 18.0. The first-order chi connectivity index (χ1) is 12.6. The topological polar surface area (TPSA) is 69.9 Å². The predicted molar refractivity (Wildman–Crippen MR) is 104 cm³/mol. The van der Waals surface area contributed by atoms with Gasteiger partial charge in [0.1, 0.15) is 5.76 Å². The van der Waals surface area contributed by atoms with Crippen LogP contribution in [-0.4, -0.2) is 44.0 Å². The van der Waals surface area contributed by atoms with Gasteiger partial charge in [-0.1, -0.05) is 31.2 Å². The Morgan fingerprint density at radius 1 is 1.12 bits per heavy atom. The van der Waals surface area contributed by atoms with Crippen LogP contribution >= 0.6 is 0 Å². The van der Waals surface area contributed by atoms with Crippen LogP contribution in [0.25, 0.3) is 0 Å². The zero-order valence-corrected chi connectivity index (χ0v) is 15.8. The molecule has 1 aromatic heterocycles. The van der Waals surface area contributed by atoms with Gasteiger partial charge in [-0.15, -0.1) is 0 Å². The van der Waals surface area contributed by atoms with Crippen molar-refractivity contribution in [3.05, 3.63) is 59.5 Å². The van der Waals surface area contributed by atoms with Crippen LogP contribution in [0.1, 0.15) is 23.8 Å². The third-order valence-corrected chi connectivity index (χ3v) is 4.06. The number of hydrogen-bond acceptors (Lipinski definition) is 3. The molecule has 0 aliphatic carbocycles. The van der Waals surface area contributed by atoms with E-state index >= 15 is 0 Å². The summed E-state index contributed by atoms with van der Waals surface area (Å²) in [5.74, 6) is 1.54. The Kier molecular flexibility index (Phi) is 7.74. The molecule has 0 bridgehead atoms. The first kappa shape index (κ1) is 19.6. The monoisotopic (exact) mass is 356 g/mol. The lowest BCUT2D eigenvalue weighted by atomic mass is 10.1. The second-order valence-corrected chi connectivity index (χ2v) is 6.18. The number of carbonyl (C=O) groups is 1. The number of amides is 1. The number of hydrogen-bond donors (Lipinski definition) is 2. The summed E-state index contributed by atoms with van der Waals surface area (Å²) >= 11 is 0. The summed E-state index contributed by atoms with van der Waals surface area (Å²) in [5.41, 5.74) is 2.48. The fourth-order valence-electron chi connectivity index (χ4n) is 2.47. The summed E-state index contributed by atoms with van der Waals surface area (Å²) in [5, 5.41) is 6.37. The third-order valence-electron chi connectivity index (χ3n) is 4.06. The summed E-state index contributed by atoms with van der Waals surface area (Å²) in [7, 11) is 3.48. The van der Waals surface area contributed by atoms with Crippen molar-refractivity contribution in [2.45, 2.75) is 26.3 Å². The number of likely N-dealkylation sites (N-methyl/N-ethyl adjacent to an activating group) is 1. The van der Waals surface area contributed by atoms with Crippen LogP contribution in [0, 0.1) is 0 Å². The average Bonchev–Trinajstić information content (AvgIpc) is 3.16. The average molecular weight is 356 g/mol. The van der Waals surface area contributed by atoms with E-state index in [0.717, 1.165) is 18.6 Å². The fraction of sp³-hybridized carbons (Fsp3) is 0.400. The lowest BCUT2D eigenvalue weighted by molar-refractivity contribution is -0.127. The molecule has 2 rings (SSSR count). The number of aryl methyl sites for hydroxylation is 1. The molecule has 1 aromatic carbocycles. The number of furan rings is 1. The van der Waals surface area contributed by atoms with Crippen LogP contribution in [0.4, 0.5) is 0 Å². The number of guanidine groups is 1. The van der Waals surface area contributed by atoms with Crippen molar-refractivity contribution in [2.75, 3.05) is 27.2 Å². The van der Waals surface area contributed by atoms with E-state index in [1.54, 1.807) is 25.3 Å². The minimum Gasteiger partial charge on any atom is -0.469 e. The maximum absolute atomic E-state index is 11.8. The van der Waals surface area contributed by atoms with Gasteiger partial charge in [-0.25, -0.2) is 4.99 Å². The van der Waals surface area contributed by atoms with E-state index in [9.17, 15) is 4.79 Å². The molecule has 1 heterocycles.